The molecule has 0 radical (unpaired) electrons. The fourth-order valence-corrected chi connectivity index (χ4v) is 3.38. The third kappa shape index (κ3) is 1.19. The summed E-state index contributed by atoms with van der Waals surface area (Å²) < 4.78 is 0.958. The lowest BCUT2D eigenvalue weighted by atomic mass is 9.73. The Morgan fingerprint density at radius 1 is 1.47 bits per heavy atom. The van der Waals surface area contributed by atoms with Gasteiger partial charge in [-0.25, -0.2) is 0 Å². The zero-order valence-electron chi connectivity index (χ0n) is 8.53. The molecular formula is C12H12BrNO. The van der Waals surface area contributed by atoms with Gasteiger partial charge in [-0.2, -0.15) is 0 Å². The number of oxime groups is 1. The Morgan fingerprint density at radius 2 is 2.27 bits per heavy atom. The van der Waals surface area contributed by atoms with Gasteiger partial charge in [-0.3, -0.25) is 0 Å². The lowest BCUT2D eigenvalue weighted by Crippen LogP contribution is -2.36. The lowest BCUT2D eigenvalue weighted by Gasteiger charge is -2.35. The number of hydrogen-bond donors (Lipinski definition) is 0. The first kappa shape index (κ1) is 9.40. The van der Waals surface area contributed by atoms with Gasteiger partial charge >= 0.3 is 0 Å². The van der Waals surface area contributed by atoms with Crippen LogP contribution < -0.4 is 0 Å². The molecule has 1 aromatic carbocycles. The first-order valence-electron chi connectivity index (χ1n) is 5.22. The van der Waals surface area contributed by atoms with Crippen LogP contribution in [0.2, 0.25) is 0 Å². The molecule has 78 valence electrons. The van der Waals surface area contributed by atoms with Crippen molar-refractivity contribution < 1.29 is 4.84 Å². The molecular weight excluding hydrogens is 254 g/mol. The summed E-state index contributed by atoms with van der Waals surface area (Å²) in [7, 11) is 0. The van der Waals surface area contributed by atoms with E-state index >= 15 is 0 Å². The Hall–Kier alpha value is -0.830. The summed E-state index contributed by atoms with van der Waals surface area (Å²) in [5.41, 5.74) is 2.43. The molecule has 1 aromatic rings. The maximum Gasteiger partial charge on any atom is 0.169 e. The predicted octanol–water partition coefficient (Wildman–Crippen LogP) is 3.20. The van der Waals surface area contributed by atoms with Gasteiger partial charge in [0.05, 0.1) is 5.92 Å². The van der Waals surface area contributed by atoms with E-state index in [4.69, 9.17) is 4.84 Å². The van der Waals surface area contributed by atoms with Crippen molar-refractivity contribution in [2.75, 3.05) is 0 Å². The molecule has 0 bridgehead atoms. The number of rotatable bonds is 0. The van der Waals surface area contributed by atoms with Gasteiger partial charge in [0.25, 0.3) is 0 Å². The monoisotopic (exact) mass is 265 g/mol. The van der Waals surface area contributed by atoms with E-state index in [0.29, 0.717) is 5.92 Å². The molecule has 1 aliphatic carbocycles. The molecule has 0 N–H and O–H groups in total. The van der Waals surface area contributed by atoms with Crippen LogP contribution in [0.1, 0.15) is 24.5 Å². The minimum atomic E-state index is -0.256. The maximum atomic E-state index is 5.62. The van der Waals surface area contributed by atoms with E-state index < -0.39 is 0 Å². The van der Waals surface area contributed by atoms with Crippen molar-refractivity contribution in [1.82, 2.24) is 0 Å². The first-order valence-corrected chi connectivity index (χ1v) is 6.01. The highest BCUT2D eigenvalue weighted by atomic mass is 79.9. The number of benzene rings is 1. The smallest absolute Gasteiger partial charge is 0.169 e. The molecule has 0 fully saturated rings. The number of hydrogen-bond acceptors (Lipinski definition) is 2. The van der Waals surface area contributed by atoms with E-state index in [1.165, 1.54) is 11.1 Å². The molecule has 2 aliphatic rings. The molecule has 0 saturated heterocycles. The summed E-state index contributed by atoms with van der Waals surface area (Å²) in [6.45, 7) is 2.13. The minimum absolute atomic E-state index is 0.256. The van der Waals surface area contributed by atoms with Gasteiger partial charge in [0.2, 0.25) is 0 Å². The van der Waals surface area contributed by atoms with Crippen LogP contribution in [0.3, 0.4) is 0 Å². The summed E-state index contributed by atoms with van der Waals surface area (Å²) in [6.07, 6.45) is 2.22. The van der Waals surface area contributed by atoms with Crippen molar-refractivity contribution in [2.45, 2.75) is 25.4 Å². The van der Waals surface area contributed by atoms with Gasteiger partial charge in [-0.05, 0) is 41.3 Å². The van der Waals surface area contributed by atoms with Crippen LogP contribution in [0.25, 0.3) is 0 Å². The zero-order valence-corrected chi connectivity index (χ0v) is 10.1. The SMILES string of the molecule is CC12ON=C(Br)C1CCc1ccccc12. The van der Waals surface area contributed by atoms with E-state index in [9.17, 15) is 0 Å². The summed E-state index contributed by atoms with van der Waals surface area (Å²) in [4.78, 5) is 5.62. The van der Waals surface area contributed by atoms with Crippen LogP contribution >= 0.6 is 15.9 Å². The quantitative estimate of drug-likeness (QED) is 0.706. The molecule has 0 amide bonds. The van der Waals surface area contributed by atoms with Crippen molar-refractivity contribution in [3.05, 3.63) is 35.4 Å². The number of nitrogens with zero attached hydrogens (tertiary/aromatic N) is 1. The van der Waals surface area contributed by atoms with Crippen molar-refractivity contribution in [1.29, 1.82) is 0 Å². The highest BCUT2D eigenvalue weighted by Gasteiger charge is 2.48. The molecule has 2 nitrogen and oxygen atoms in total. The molecule has 1 aliphatic heterocycles. The Morgan fingerprint density at radius 3 is 3.13 bits per heavy atom. The Bertz CT molecular complexity index is 443. The maximum absolute atomic E-state index is 5.62. The Kier molecular flexibility index (Phi) is 1.93. The average molecular weight is 266 g/mol. The van der Waals surface area contributed by atoms with Crippen molar-refractivity contribution in [3.8, 4) is 0 Å². The third-order valence-corrected chi connectivity index (χ3v) is 4.23. The predicted molar refractivity (Wildman–Crippen MR) is 63.1 cm³/mol. The van der Waals surface area contributed by atoms with Gasteiger partial charge < -0.3 is 4.84 Å². The molecule has 0 spiro atoms. The fourth-order valence-electron chi connectivity index (χ4n) is 2.65. The zero-order chi connectivity index (χ0) is 10.5. The molecule has 1 heterocycles. The Balaban J connectivity index is 2.14. The van der Waals surface area contributed by atoms with Crippen LogP contribution in [0.15, 0.2) is 29.4 Å². The van der Waals surface area contributed by atoms with Crippen LogP contribution in [0.5, 0.6) is 0 Å². The highest BCUT2D eigenvalue weighted by Crippen LogP contribution is 2.47. The summed E-state index contributed by atoms with van der Waals surface area (Å²) in [6, 6.07) is 8.50. The summed E-state index contributed by atoms with van der Waals surface area (Å²) in [5, 5.41) is 4.08. The molecule has 2 atom stereocenters. The van der Waals surface area contributed by atoms with Gasteiger partial charge in [0, 0.05) is 5.56 Å². The first-order chi connectivity index (χ1) is 7.22. The summed E-state index contributed by atoms with van der Waals surface area (Å²) in [5.74, 6) is 0.382. The topological polar surface area (TPSA) is 21.6 Å². The van der Waals surface area contributed by atoms with Crippen LogP contribution in [-0.4, -0.2) is 4.62 Å². The van der Waals surface area contributed by atoms with E-state index in [1.54, 1.807) is 0 Å². The Labute approximate surface area is 97.4 Å². The van der Waals surface area contributed by atoms with E-state index in [2.05, 4.69) is 52.3 Å². The second-order valence-corrected chi connectivity index (χ2v) is 5.17. The largest absolute Gasteiger partial charge is 0.383 e. The average Bonchev–Trinajstić information content (AvgIpc) is 2.56. The number of aryl methyl sites for hydroxylation is 1. The minimum Gasteiger partial charge on any atom is -0.383 e. The van der Waals surface area contributed by atoms with Gasteiger partial charge in [-0.15, -0.1) is 0 Å². The molecule has 3 heteroatoms. The summed E-state index contributed by atoms with van der Waals surface area (Å²) >= 11 is 3.49. The fraction of sp³-hybridized carbons (Fsp3) is 0.417. The van der Waals surface area contributed by atoms with Gasteiger partial charge in [0.15, 0.2) is 5.60 Å². The van der Waals surface area contributed by atoms with E-state index in [0.717, 1.165) is 17.5 Å². The molecule has 2 unspecified atom stereocenters. The van der Waals surface area contributed by atoms with Crippen molar-refractivity contribution in [2.24, 2.45) is 11.1 Å². The van der Waals surface area contributed by atoms with Crippen LogP contribution in [0.4, 0.5) is 0 Å². The van der Waals surface area contributed by atoms with E-state index in [-0.39, 0.29) is 5.60 Å². The van der Waals surface area contributed by atoms with Crippen LogP contribution in [0, 0.1) is 5.92 Å². The van der Waals surface area contributed by atoms with Crippen molar-refractivity contribution in [3.63, 3.8) is 0 Å². The van der Waals surface area contributed by atoms with Crippen molar-refractivity contribution >= 4 is 20.6 Å². The van der Waals surface area contributed by atoms with Gasteiger partial charge in [0.1, 0.15) is 4.62 Å². The molecule has 3 rings (SSSR count). The lowest BCUT2D eigenvalue weighted by molar-refractivity contribution is -0.0416. The highest BCUT2D eigenvalue weighted by molar-refractivity contribution is 9.18. The molecule has 0 saturated carbocycles. The standard InChI is InChI=1S/C12H12BrNO/c1-12-9-5-3-2-4-8(9)6-7-10(12)11(13)14-15-12/h2-5,10H,6-7H2,1H3. The normalized spacial score (nSPS) is 32.7. The molecule has 0 aromatic heterocycles. The third-order valence-electron chi connectivity index (χ3n) is 3.53. The van der Waals surface area contributed by atoms with Crippen LogP contribution in [-0.2, 0) is 16.9 Å². The number of halogens is 1. The number of fused-ring (bicyclic) bond motifs is 3. The van der Waals surface area contributed by atoms with Gasteiger partial charge in [-0.1, -0.05) is 29.4 Å². The second-order valence-electron chi connectivity index (χ2n) is 4.36. The van der Waals surface area contributed by atoms with E-state index in [1.807, 2.05) is 0 Å². The molecule has 15 heavy (non-hydrogen) atoms. The second kappa shape index (κ2) is 3.08.